The third-order valence-electron chi connectivity index (χ3n) is 4.84. The summed E-state index contributed by atoms with van der Waals surface area (Å²) in [5.74, 6) is 0.644. The number of carbonyl (C=O) groups excluding carboxylic acids is 1. The van der Waals surface area contributed by atoms with Gasteiger partial charge in [-0.2, -0.15) is 0 Å². The molecule has 148 valence electrons. The number of ether oxygens (including phenoxy) is 1. The zero-order valence-electron chi connectivity index (χ0n) is 15.8. The largest absolute Gasteiger partial charge is 0.482 e. The van der Waals surface area contributed by atoms with Crippen molar-refractivity contribution < 1.29 is 9.53 Å². The molecule has 5 nitrogen and oxygen atoms in total. The molecule has 0 saturated carbocycles. The number of benzene rings is 2. The predicted octanol–water partition coefficient (Wildman–Crippen LogP) is 5.56. The van der Waals surface area contributed by atoms with Gasteiger partial charge in [-0.05, 0) is 48.0 Å². The van der Waals surface area contributed by atoms with Crippen LogP contribution in [0.4, 0.5) is 5.69 Å². The number of rotatable bonds is 4. The van der Waals surface area contributed by atoms with E-state index in [1.165, 1.54) is 0 Å². The van der Waals surface area contributed by atoms with Gasteiger partial charge in [-0.25, -0.2) is 4.98 Å². The summed E-state index contributed by atoms with van der Waals surface area (Å²) < 4.78 is 6.67. The minimum atomic E-state index is -0.0602. The Kier molecular flexibility index (Phi) is 5.06. The molecular weight excluding hydrogens is 462 g/mol. The Morgan fingerprint density at radius 1 is 1.07 bits per heavy atom. The Balaban J connectivity index is 1.49. The number of hydrogen-bond donors (Lipinski definition) is 0. The topological polar surface area (TPSA) is 55.3 Å². The molecule has 0 bridgehead atoms. The van der Waals surface area contributed by atoms with Crippen molar-refractivity contribution in [3.8, 4) is 27.7 Å². The highest BCUT2D eigenvalue weighted by molar-refractivity contribution is 9.10. The average molecular weight is 478 g/mol. The number of nitrogens with zero attached hydrogens (tertiary/aromatic N) is 3. The maximum absolute atomic E-state index is 12.6. The number of aromatic nitrogens is 2. The highest BCUT2D eigenvalue weighted by atomic mass is 79.9. The Bertz CT molecular complexity index is 1210. The Morgan fingerprint density at radius 2 is 1.93 bits per heavy atom. The molecule has 0 spiro atoms. The average Bonchev–Trinajstić information content (AvgIpc) is 3.28. The van der Waals surface area contributed by atoms with Gasteiger partial charge in [0.05, 0.1) is 23.6 Å². The molecule has 1 amide bonds. The molecule has 1 aliphatic heterocycles. The standard InChI is InChI=1S/C23H16BrN3O2S/c24-17-7-4-15(5-8-17)12-27-20-11-16(6-9-21(20)29-13-22(27)28)19-14-30-23(26-19)18-3-1-2-10-25-18/h1-11,14H,12-13H2. The van der Waals surface area contributed by atoms with E-state index < -0.39 is 0 Å². The number of hydrogen-bond acceptors (Lipinski definition) is 5. The number of halogens is 1. The molecule has 0 saturated heterocycles. The molecule has 0 fully saturated rings. The third-order valence-corrected chi connectivity index (χ3v) is 6.23. The molecule has 4 aromatic rings. The summed E-state index contributed by atoms with van der Waals surface area (Å²) in [6.45, 7) is 0.533. The van der Waals surface area contributed by atoms with Crippen molar-refractivity contribution in [1.29, 1.82) is 0 Å². The summed E-state index contributed by atoms with van der Waals surface area (Å²) in [7, 11) is 0. The Labute approximate surface area is 186 Å². The molecular formula is C23H16BrN3O2S. The minimum absolute atomic E-state index is 0.0450. The van der Waals surface area contributed by atoms with Crippen molar-refractivity contribution in [3.05, 3.63) is 82.3 Å². The maximum Gasteiger partial charge on any atom is 0.265 e. The van der Waals surface area contributed by atoms with E-state index in [0.717, 1.165) is 37.7 Å². The van der Waals surface area contributed by atoms with Gasteiger partial charge in [0.25, 0.3) is 5.91 Å². The second-order valence-corrected chi connectivity index (χ2v) is 8.60. The molecule has 3 heterocycles. The molecule has 0 radical (unpaired) electrons. The lowest BCUT2D eigenvalue weighted by molar-refractivity contribution is -0.121. The summed E-state index contributed by atoms with van der Waals surface area (Å²) in [5.41, 5.74) is 4.45. The van der Waals surface area contributed by atoms with Crippen LogP contribution in [-0.4, -0.2) is 22.5 Å². The SMILES string of the molecule is O=C1COc2ccc(-c3csc(-c4ccccn4)n3)cc2N1Cc1ccc(Br)cc1. The summed E-state index contributed by atoms with van der Waals surface area (Å²) in [6.07, 6.45) is 1.76. The van der Waals surface area contributed by atoms with Crippen molar-refractivity contribution in [1.82, 2.24) is 9.97 Å². The lowest BCUT2D eigenvalue weighted by atomic mass is 10.1. The molecule has 5 rings (SSSR count). The van der Waals surface area contributed by atoms with Gasteiger partial charge in [-0.15, -0.1) is 11.3 Å². The first kappa shape index (κ1) is 19.0. The highest BCUT2D eigenvalue weighted by Gasteiger charge is 2.26. The van der Waals surface area contributed by atoms with Crippen LogP contribution in [-0.2, 0) is 11.3 Å². The molecule has 30 heavy (non-hydrogen) atoms. The first-order valence-corrected chi connectivity index (χ1v) is 11.0. The van der Waals surface area contributed by atoms with Crippen molar-refractivity contribution >= 4 is 38.9 Å². The second-order valence-electron chi connectivity index (χ2n) is 6.83. The molecule has 0 atom stereocenters. The van der Waals surface area contributed by atoms with Crippen LogP contribution in [0, 0.1) is 0 Å². The van der Waals surface area contributed by atoms with Crippen molar-refractivity contribution in [2.24, 2.45) is 0 Å². The van der Waals surface area contributed by atoms with Gasteiger partial charge < -0.3 is 9.64 Å². The fourth-order valence-corrected chi connectivity index (χ4v) is 4.39. The van der Waals surface area contributed by atoms with Crippen LogP contribution in [0.5, 0.6) is 5.75 Å². The Hall–Kier alpha value is -3.03. The number of anilines is 1. The quantitative estimate of drug-likeness (QED) is 0.386. The van der Waals surface area contributed by atoms with Crippen LogP contribution in [0.3, 0.4) is 0 Å². The molecule has 0 aliphatic carbocycles. The highest BCUT2D eigenvalue weighted by Crippen LogP contribution is 2.38. The molecule has 1 aliphatic rings. The zero-order valence-corrected chi connectivity index (χ0v) is 18.2. The van der Waals surface area contributed by atoms with E-state index in [9.17, 15) is 4.79 Å². The smallest absolute Gasteiger partial charge is 0.265 e. The monoisotopic (exact) mass is 477 g/mol. The second kappa shape index (κ2) is 8.01. The molecule has 0 unspecified atom stereocenters. The Morgan fingerprint density at radius 3 is 2.73 bits per heavy atom. The number of pyridine rings is 1. The van der Waals surface area contributed by atoms with Crippen molar-refractivity contribution in [2.75, 3.05) is 11.5 Å². The first-order chi connectivity index (χ1) is 14.7. The van der Waals surface area contributed by atoms with Crippen LogP contribution < -0.4 is 9.64 Å². The minimum Gasteiger partial charge on any atom is -0.482 e. The molecule has 2 aromatic carbocycles. The fraction of sp³-hybridized carbons (Fsp3) is 0.0870. The van der Waals surface area contributed by atoms with Gasteiger partial charge >= 0.3 is 0 Å². The zero-order chi connectivity index (χ0) is 20.5. The van der Waals surface area contributed by atoms with E-state index in [1.807, 2.05) is 66.0 Å². The van der Waals surface area contributed by atoms with Crippen LogP contribution >= 0.6 is 27.3 Å². The van der Waals surface area contributed by atoms with Crippen LogP contribution in [0.25, 0.3) is 22.0 Å². The van der Waals surface area contributed by atoms with Gasteiger partial charge in [0.15, 0.2) is 6.61 Å². The number of carbonyl (C=O) groups is 1. The van der Waals surface area contributed by atoms with Gasteiger partial charge in [-0.1, -0.05) is 34.1 Å². The number of thiazole rings is 1. The van der Waals surface area contributed by atoms with Crippen molar-refractivity contribution in [2.45, 2.75) is 6.54 Å². The normalized spacial score (nSPS) is 13.1. The number of fused-ring (bicyclic) bond motifs is 1. The van der Waals surface area contributed by atoms with E-state index in [0.29, 0.717) is 12.3 Å². The van der Waals surface area contributed by atoms with Gasteiger partial charge in [-0.3, -0.25) is 9.78 Å². The van der Waals surface area contributed by atoms with Crippen LogP contribution in [0.2, 0.25) is 0 Å². The lowest BCUT2D eigenvalue weighted by Gasteiger charge is -2.30. The summed E-state index contributed by atoms with van der Waals surface area (Å²) in [6, 6.07) is 19.6. The van der Waals surface area contributed by atoms with Crippen LogP contribution in [0.1, 0.15) is 5.56 Å². The van der Waals surface area contributed by atoms with Gasteiger partial charge in [0, 0.05) is 21.6 Å². The number of amides is 1. The van der Waals surface area contributed by atoms with E-state index in [-0.39, 0.29) is 12.5 Å². The van der Waals surface area contributed by atoms with Gasteiger partial charge in [0.1, 0.15) is 10.8 Å². The molecule has 7 heteroatoms. The molecule has 2 aromatic heterocycles. The van der Waals surface area contributed by atoms with E-state index in [4.69, 9.17) is 9.72 Å². The lowest BCUT2D eigenvalue weighted by Crippen LogP contribution is -2.38. The van der Waals surface area contributed by atoms with Crippen molar-refractivity contribution in [3.63, 3.8) is 0 Å². The van der Waals surface area contributed by atoms with E-state index in [2.05, 4.69) is 20.9 Å². The first-order valence-electron chi connectivity index (χ1n) is 9.36. The van der Waals surface area contributed by atoms with E-state index in [1.54, 1.807) is 22.4 Å². The van der Waals surface area contributed by atoms with E-state index >= 15 is 0 Å². The summed E-state index contributed by atoms with van der Waals surface area (Å²) >= 11 is 5.00. The van der Waals surface area contributed by atoms with Crippen LogP contribution in [0.15, 0.2) is 76.7 Å². The predicted molar refractivity (Wildman–Crippen MR) is 122 cm³/mol. The maximum atomic E-state index is 12.6. The molecule has 0 N–H and O–H groups in total. The third kappa shape index (κ3) is 3.74. The summed E-state index contributed by atoms with van der Waals surface area (Å²) in [4.78, 5) is 23.5. The summed E-state index contributed by atoms with van der Waals surface area (Å²) in [5, 5.41) is 2.87. The fourth-order valence-electron chi connectivity index (χ4n) is 3.32. The van der Waals surface area contributed by atoms with Gasteiger partial charge in [0.2, 0.25) is 0 Å².